The number of nitroso groups, excluding NO2 is 1. The van der Waals surface area contributed by atoms with Gasteiger partial charge in [-0.2, -0.15) is 0 Å². The normalized spacial score (nSPS) is 14.6. The Bertz CT molecular complexity index is 395. The Balaban J connectivity index is 4.55. The molecule has 3 atom stereocenters. The smallest absolute Gasteiger partial charge is 0.326 e. The van der Waals surface area contributed by atoms with Gasteiger partial charge in [0.05, 0.1) is 0 Å². The van der Waals surface area contributed by atoms with Gasteiger partial charge in [0, 0.05) is 6.54 Å². The third-order valence-electron chi connectivity index (χ3n) is 3.13. The van der Waals surface area contributed by atoms with Crippen LogP contribution in [0.15, 0.2) is 10.2 Å². The van der Waals surface area contributed by atoms with E-state index >= 15 is 0 Å². The van der Waals surface area contributed by atoms with Gasteiger partial charge in [0.2, 0.25) is 5.91 Å². The minimum Gasteiger partial charge on any atom is -0.480 e. The molecule has 0 aromatic carbocycles. The van der Waals surface area contributed by atoms with Crippen LogP contribution in [0.25, 0.3) is 0 Å². The first kappa shape index (κ1) is 18.8. The summed E-state index contributed by atoms with van der Waals surface area (Å²) >= 11 is 0. The zero-order valence-corrected chi connectivity index (χ0v) is 12.3. The summed E-state index contributed by atoms with van der Waals surface area (Å²) in [6.45, 7) is 3.79. The van der Waals surface area contributed by atoms with Crippen LogP contribution >= 0.6 is 0 Å². The van der Waals surface area contributed by atoms with Gasteiger partial charge in [0.1, 0.15) is 6.04 Å². The first-order valence-electron chi connectivity index (χ1n) is 6.74. The lowest BCUT2D eigenvalue weighted by molar-refractivity contribution is -0.142. The van der Waals surface area contributed by atoms with Crippen molar-refractivity contribution in [3.63, 3.8) is 0 Å². The lowest BCUT2D eigenvalue weighted by Gasteiger charge is -2.19. The zero-order chi connectivity index (χ0) is 16.4. The van der Waals surface area contributed by atoms with Crippen molar-refractivity contribution in [2.24, 2.45) is 27.6 Å². The average Bonchev–Trinajstić information content (AvgIpc) is 2.42. The van der Waals surface area contributed by atoms with Crippen molar-refractivity contribution in [3.8, 4) is 0 Å². The van der Waals surface area contributed by atoms with Gasteiger partial charge < -0.3 is 21.9 Å². The van der Waals surface area contributed by atoms with Crippen LogP contribution in [0.5, 0.6) is 0 Å². The molecule has 0 aliphatic carbocycles. The summed E-state index contributed by atoms with van der Waals surface area (Å²) in [6, 6.07) is -2.19. The first-order chi connectivity index (χ1) is 9.83. The molecule has 0 aliphatic heterocycles. The number of aliphatic imine (C=N–C) groups is 1. The lowest BCUT2D eigenvalue weighted by atomic mass is 9.98. The molecule has 0 saturated heterocycles. The Hall–Kier alpha value is -2.19. The second-order valence-corrected chi connectivity index (χ2v) is 4.78. The van der Waals surface area contributed by atoms with Crippen molar-refractivity contribution in [1.82, 2.24) is 5.32 Å². The number of nitrogens with two attached hydrogens (primary N) is 2. The molecule has 0 aromatic heterocycles. The summed E-state index contributed by atoms with van der Waals surface area (Å²) in [5.41, 5.74) is 10.3. The highest BCUT2D eigenvalue weighted by Gasteiger charge is 2.29. The summed E-state index contributed by atoms with van der Waals surface area (Å²) in [5, 5.41) is 14.2. The monoisotopic (exact) mass is 301 g/mol. The van der Waals surface area contributed by atoms with E-state index in [0.717, 1.165) is 0 Å². The molecule has 0 aromatic rings. The molecule has 9 nitrogen and oxygen atoms in total. The molecule has 0 fully saturated rings. The van der Waals surface area contributed by atoms with Crippen molar-refractivity contribution in [3.05, 3.63) is 4.91 Å². The average molecular weight is 301 g/mol. The van der Waals surface area contributed by atoms with Crippen LogP contribution in [0.1, 0.15) is 33.1 Å². The minimum atomic E-state index is -1.18. The Labute approximate surface area is 123 Å². The summed E-state index contributed by atoms with van der Waals surface area (Å²) < 4.78 is 0. The molecule has 0 rings (SSSR count). The molecule has 1 amide bonds. The number of aliphatic carboxylic acids is 1. The third-order valence-corrected chi connectivity index (χ3v) is 3.13. The van der Waals surface area contributed by atoms with Gasteiger partial charge in [0.25, 0.3) is 0 Å². The molecule has 0 unspecified atom stereocenters. The molecule has 21 heavy (non-hydrogen) atoms. The largest absolute Gasteiger partial charge is 0.480 e. The van der Waals surface area contributed by atoms with E-state index in [4.69, 9.17) is 16.6 Å². The number of nitrogens with zero attached hydrogens (tertiary/aromatic N) is 2. The zero-order valence-electron chi connectivity index (χ0n) is 12.3. The number of carboxylic acids is 1. The molecule has 0 spiro atoms. The van der Waals surface area contributed by atoms with Gasteiger partial charge in [0.15, 0.2) is 12.0 Å². The molecule has 0 heterocycles. The maximum absolute atomic E-state index is 11.9. The van der Waals surface area contributed by atoms with E-state index < -0.39 is 24.0 Å². The molecular formula is C12H23N5O4. The summed E-state index contributed by atoms with van der Waals surface area (Å²) in [4.78, 5) is 37.5. The predicted octanol–water partition coefficient (Wildman–Crippen LogP) is -0.209. The van der Waals surface area contributed by atoms with Crippen LogP contribution < -0.4 is 16.8 Å². The van der Waals surface area contributed by atoms with Gasteiger partial charge >= 0.3 is 5.97 Å². The summed E-state index contributed by atoms with van der Waals surface area (Å²) in [6.07, 6.45) is 1.13. The SMILES string of the molecule is CC[C@H](C)[C@H](N=O)C(=O)N[C@@H](CCCN=C(N)N)C(=O)O. The van der Waals surface area contributed by atoms with Gasteiger partial charge in [-0.15, -0.1) is 4.91 Å². The Kier molecular flexibility index (Phi) is 8.66. The number of guanidine groups is 1. The van der Waals surface area contributed by atoms with Gasteiger partial charge in [-0.1, -0.05) is 25.4 Å². The molecule has 0 saturated carbocycles. The maximum Gasteiger partial charge on any atom is 0.326 e. The van der Waals surface area contributed by atoms with Crippen LogP contribution in [0.4, 0.5) is 0 Å². The fourth-order valence-electron chi connectivity index (χ4n) is 1.65. The second-order valence-electron chi connectivity index (χ2n) is 4.78. The minimum absolute atomic E-state index is 0.0760. The standard InChI is InChI=1S/C12H23N5O4/c1-3-7(2)9(17-21)10(18)16-8(11(19)20)5-4-6-15-12(13)14/h7-9H,3-6H2,1-2H3,(H,16,18)(H,19,20)(H4,13,14,15)/t7-,8-,9-/m0/s1. The number of hydrogen-bond donors (Lipinski definition) is 4. The fourth-order valence-corrected chi connectivity index (χ4v) is 1.65. The van der Waals surface area contributed by atoms with Crippen molar-refractivity contribution in [1.29, 1.82) is 0 Å². The summed E-state index contributed by atoms with van der Waals surface area (Å²) in [7, 11) is 0. The molecule has 0 radical (unpaired) electrons. The second kappa shape index (κ2) is 9.67. The van der Waals surface area contributed by atoms with Crippen molar-refractivity contribution in [2.75, 3.05) is 6.54 Å². The Morgan fingerprint density at radius 2 is 1.95 bits per heavy atom. The van der Waals surface area contributed by atoms with Gasteiger partial charge in [-0.3, -0.25) is 9.79 Å². The van der Waals surface area contributed by atoms with E-state index in [-0.39, 0.29) is 24.8 Å². The highest BCUT2D eigenvalue weighted by atomic mass is 16.4. The van der Waals surface area contributed by atoms with Crippen molar-refractivity contribution in [2.45, 2.75) is 45.2 Å². The van der Waals surface area contributed by atoms with E-state index in [1.165, 1.54) is 0 Å². The molecule has 6 N–H and O–H groups in total. The highest BCUT2D eigenvalue weighted by molar-refractivity contribution is 5.87. The topological polar surface area (TPSA) is 160 Å². The molecule has 0 bridgehead atoms. The van der Waals surface area contributed by atoms with Crippen LogP contribution in [0, 0.1) is 10.8 Å². The Morgan fingerprint density at radius 1 is 1.33 bits per heavy atom. The van der Waals surface area contributed by atoms with E-state index in [2.05, 4.69) is 15.5 Å². The van der Waals surface area contributed by atoms with Gasteiger partial charge in [-0.25, -0.2) is 4.79 Å². The number of rotatable bonds is 10. The number of carboxylic acid groups (broad SMARTS) is 1. The first-order valence-corrected chi connectivity index (χ1v) is 6.74. The number of nitrogens with one attached hydrogen (secondary N) is 1. The quantitative estimate of drug-likeness (QED) is 0.189. The Morgan fingerprint density at radius 3 is 2.38 bits per heavy atom. The third kappa shape index (κ3) is 7.23. The number of amides is 1. The number of hydrogen-bond acceptors (Lipinski definition) is 5. The number of carbonyl (C=O) groups excluding carboxylic acids is 1. The predicted molar refractivity (Wildman–Crippen MR) is 78.5 cm³/mol. The molecule has 120 valence electrons. The van der Waals surface area contributed by atoms with E-state index in [1.54, 1.807) is 6.92 Å². The van der Waals surface area contributed by atoms with E-state index in [1.807, 2.05) is 6.92 Å². The maximum atomic E-state index is 11.9. The van der Waals surface area contributed by atoms with Gasteiger partial charge in [-0.05, 0) is 18.8 Å². The van der Waals surface area contributed by atoms with Crippen molar-refractivity contribution < 1.29 is 14.7 Å². The van der Waals surface area contributed by atoms with E-state index in [9.17, 15) is 14.5 Å². The van der Waals surface area contributed by atoms with Crippen LogP contribution in [-0.4, -0.2) is 41.6 Å². The summed E-state index contributed by atoms with van der Waals surface area (Å²) in [5.74, 6) is -2.18. The molecular weight excluding hydrogens is 278 g/mol. The van der Waals surface area contributed by atoms with Crippen LogP contribution in [-0.2, 0) is 9.59 Å². The fraction of sp³-hybridized carbons (Fsp3) is 0.750. The molecule has 9 heteroatoms. The van der Waals surface area contributed by atoms with Crippen LogP contribution in [0.2, 0.25) is 0 Å². The van der Waals surface area contributed by atoms with Crippen LogP contribution in [0.3, 0.4) is 0 Å². The van der Waals surface area contributed by atoms with E-state index in [0.29, 0.717) is 12.8 Å². The lowest BCUT2D eigenvalue weighted by Crippen LogP contribution is -2.46. The molecule has 0 aliphatic rings. The van der Waals surface area contributed by atoms with Crippen molar-refractivity contribution >= 4 is 17.8 Å². The number of carbonyl (C=O) groups is 2. The highest BCUT2D eigenvalue weighted by Crippen LogP contribution is 2.12.